The van der Waals surface area contributed by atoms with Crippen LogP contribution in [-0.2, 0) is 0 Å². The summed E-state index contributed by atoms with van der Waals surface area (Å²) in [4.78, 5) is 33.6. The topological polar surface area (TPSA) is 90.2 Å². The second-order valence-corrected chi connectivity index (χ2v) is 11.4. The number of rotatable bonds is 6. The van der Waals surface area contributed by atoms with Crippen LogP contribution in [0, 0.1) is 27.7 Å². The lowest BCUT2D eigenvalue weighted by Gasteiger charge is -2.11. The number of benzene rings is 4. The Labute approximate surface area is 268 Å². The van der Waals surface area contributed by atoms with Crippen molar-refractivity contribution in [3.63, 3.8) is 0 Å². The van der Waals surface area contributed by atoms with E-state index in [1.165, 1.54) is 0 Å². The fourth-order valence-electron chi connectivity index (χ4n) is 5.51. The number of aromatic nitrogens is 7. The van der Waals surface area contributed by atoms with Crippen LogP contribution in [0.2, 0.25) is 0 Å². The van der Waals surface area contributed by atoms with Gasteiger partial charge in [-0.3, -0.25) is 0 Å². The summed E-state index contributed by atoms with van der Waals surface area (Å²) in [6.45, 7) is 7.92. The van der Waals surface area contributed by atoms with Gasteiger partial charge >= 0.3 is 0 Å². The summed E-state index contributed by atoms with van der Waals surface area (Å²) < 4.78 is 0. The highest BCUT2D eigenvalue weighted by Gasteiger charge is 2.15. The van der Waals surface area contributed by atoms with Gasteiger partial charge in [-0.25, -0.2) is 34.9 Å². The smallest absolute Gasteiger partial charge is 0.164 e. The molecule has 0 amide bonds. The second-order valence-electron chi connectivity index (χ2n) is 11.4. The molecule has 0 bridgehead atoms. The molecule has 3 heterocycles. The highest BCUT2D eigenvalue weighted by molar-refractivity contribution is 5.74. The van der Waals surface area contributed by atoms with Gasteiger partial charge in [0.25, 0.3) is 0 Å². The number of hydrogen-bond donors (Lipinski definition) is 0. The molecule has 7 nitrogen and oxygen atoms in total. The predicted molar refractivity (Wildman–Crippen MR) is 183 cm³/mol. The van der Waals surface area contributed by atoms with Crippen molar-refractivity contribution in [1.29, 1.82) is 0 Å². The summed E-state index contributed by atoms with van der Waals surface area (Å²) in [5.74, 6) is 3.11. The Morgan fingerprint density at radius 3 is 1.04 bits per heavy atom. The number of hydrogen-bond acceptors (Lipinski definition) is 7. The van der Waals surface area contributed by atoms with Crippen molar-refractivity contribution < 1.29 is 0 Å². The molecule has 0 radical (unpaired) electrons. The fourth-order valence-corrected chi connectivity index (χ4v) is 5.51. The minimum absolute atomic E-state index is 0.568. The van der Waals surface area contributed by atoms with Crippen LogP contribution in [0.3, 0.4) is 0 Å². The van der Waals surface area contributed by atoms with Crippen molar-refractivity contribution in [2.24, 2.45) is 0 Å². The SMILES string of the molecule is Cc1cc(C)nc(-c2ccc(-c3nc(-c4cccc(-c5ccccc5)c4)nc(-c4cccc(-c5nc(C)cc(C)n5)c4)n3)cc2)n1. The Hall–Kier alpha value is -5.95. The summed E-state index contributed by atoms with van der Waals surface area (Å²) in [5, 5.41) is 0. The van der Waals surface area contributed by atoms with Gasteiger partial charge in [-0.2, -0.15) is 0 Å². The molecule has 7 heteroatoms. The van der Waals surface area contributed by atoms with Gasteiger partial charge in [0.05, 0.1) is 0 Å². The van der Waals surface area contributed by atoms with Crippen molar-refractivity contribution in [2.45, 2.75) is 27.7 Å². The van der Waals surface area contributed by atoms with Gasteiger partial charge in [-0.1, -0.05) is 91.0 Å². The second kappa shape index (κ2) is 12.2. The zero-order valence-corrected chi connectivity index (χ0v) is 26.1. The molecule has 7 rings (SSSR count). The minimum Gasteiger partial charge on any atom is -0.233 e. The van der Waals surface area contributed by atoms with E-state index in [9.17, 15) is 0 Å². The zero-order chi connectivity index (χ0) is 31.6. The van der Waals surface area contributed by atoms with E-state index in [1.54, 1.807) is 0 Å². The Balaban J connectivity index is 1.35. The van der Waals surface area contributed by atoms with Gasteiger partial charge in [0.2, 0.25) is 0 Å². The normalized spacial score (nSPS) is 11.0. The third-order valence-electron chi connectivity index (χ3n) is 7.61. The number of aryl methyl sites for hydroxylation is 4. The Kier molecular flexibility index (Phi) is 7.64. The molecule has 4 aromatic carbocycles. The van der Waals surface area contributed by atoms with Gasteiger partial charge in [-0.15, -0.1) is 0 Å². The lowest BCUT2D eigenvalue weighted by Crippen LogP contribution is -2.01. The first-order chi connectivity index (χ1) is 22.4. The lowest BCUT2D eigenvalue weighted by molar-refractivity contribution is 1.06. The molecule has 46 heavy (non-hydrogen) atoms. The standard InChI is InChI=1S/C39H31N7/c1-24-20-25(2)41-35(40-24)29-16-18-30(19-17-29)36-44-38(32-13-8-12-31(22-32)28-10-6-5-7-11-28)46-39(45-36)34-15-9-14-33(23-34)37-42-26(3)21-27(4)43-37/h5-23H,1-4H3. The van der Waals surface area contributed by atoms with Gasteiger partial charge in [0.15, 0.2) is 29.1 Å². The van der Waals surface area contributed by atoms with E-state index in [0.717, 1.165) is 61.7 Å². The summed E-state index contributed by atoms with van der Waals surface area (Å²) in [6.07, 6.45) is 0. The molecule has 0 fully saturated rings. The molecule has 0 unspecified atom stereocenters. The highest BCUT2D eigenvalue weighted by Crippen LogP contribution is 2.30. The van der Waals surface area contributed by atoms with Crippen LogP contribution in [-0.4, -0.2) is 34.9 Å². The summed E-state index contributed by atoms with van der Waals surface area (Å²) in [6, 6.07) is 38.7. The Morgan fingerprint density at radius 2 is 0.587 bits per heavy atom. The third kappa shape index (κ3) is 6.16. The van der Waals surface area contributed by atoms with Gasteiger partial charge in [-0.05, 0) is 63.1 Å². The van der Waals surface area contributed by atoms with Crippen LogP contribution in [0.15, 0.2) is 115 Å². The van der Waals surface area contributed by atoms with Crippen molar-refractivity contribution in [1.82, 2.24) is 34.9 Å². The van der Waals surface area contributed by atoms with Gasteiger partial charge < -0.3 is 0 Å². The molecule has 0 saturated carbocycles. The van der Waals surface area contributed by atoms with E-state index < -0.39 is 0 Å². The van der Waals surface area contributed by atoms with Crippen molar-refractivity contribution in [3.8, 4) is 68.1 Å². The van der Waals surface area contributed by atoms with E-state index >= 15 is 0 Å². The maximum atomic E-state index is 5.01. The first-order valence-electron chi connectivity index (χ1n) is 15.2. The molecule has 222 valence electrons. The molecule has 7 aromatic rings. The molecule has 0 N–H and O–H groups in total. The predicted octanol–water partition coefficient (Wildman–Crippen LogP) is 8.69. The first-order valence-corrected chi connectivity index (χ1v) is 15.2. The maximum Gasteiger partial charge on any atom is 0.164 e. The maximum absolute atomic E-state index is 5.01. The van der Waals surface area contributed by atoms with E-state index in [-0.39, 0.29) is 0 Å². The molecule has 0 saturated heterocycles. The van der Waals surface area contributed by atoms with Crippen LogP contribution in [0.5, 0.6) is 0 Å². The van der Waals surface area contributed by atoms with Crippen molar-refractivity contribution >= 4 is 0 Å². The van der Waals surface area contributed by atoms with E-state index in [0.29, 0.717) is 29.1 Å². The fraction of sp³-hybridized carbons (Fsp3) is 0.103. The van der Waals surface area contributed by atoms with Crippen LogP contribution in [0.1, 0.15) is 22.8 Å². The van der Waals surface area contributed by atoms with Crippen LogP contribution < -0.4 is 0 Å². The lowest BCUT2D eigenvalue weighted by atomic mass is 10.0. The monoisotopic (exact) mass is 597 g/mol. The molecule has 0 aliphatic rings. The molecule has 0 aliphatic carbocycles. The highest BCUT2D eigenvalue weighted by atomic mass is 15.0. The quantitative estimate of drug-likeness (QED) is 0.189. The first kappa shape index (κ1) is 28.8. The van der Waals surface area contributed by atoms with E-state index in [1.807, 2.05) is 119 Å². The number of nitrogens with zero attached hydrogens (tertiary/aromatic N) is 7. The Bertz CT molecular complexity index is 2150. The average molecular weight is 598 g/mol. The van der Waals surface area contributed by atoms with E-state index in [4.69, 9.17) is 15.0 Å². The molecule has 3 aromatic heterocycles. The van der Waals surface area contributed by atoms with Crippen LogP contribution >= 0.6 is 0 Å². The largest absolute Gasteiger partial charge is 0.233 e. The van der Waals surface area contributed by atoms with E-state index in [2.05, 4.69) is 44.2 Å². The molecular weight excluding hydrogens is 566 g/mol. The molecular formula is C39H31N7. The summed E-state index contributed by atoms with van der Waals surface area (Å²) in [7, 11) is 0. The van der Waals surface area contributed by atoms with Gasteiger partial charge in [0, 0.05) is 50.6 Å². The zero-order valence-electron chi connectivity index (χ0n) is 26.1. The molecule has 0 atom stereocenters. The summed E-state index contributed by atoms with van der Waals surface area (Å²) >= 11 is 0. The van der Waals surface area contributed by atoms with Crippen LogP contribution in [0.4, 0.5) is 0 Å². The van der Waals surface area contributed by atoms with Gasteiger partial charge in [0.1, 0.15) is 0 Å². The molecule has 0 spiro atoms. The van der Waals surface area contributed by atoms with Crippen LogP contribution in [0.25, 0.3) is 68.1 Å². The minimum atomic E-state index is 0.568. The average Bonchev–Trinajstić information content (AvgIpc) is 3.08. The van der Waals surface area contributed by atoms with Crippen molar-refractivity contribution in [3.05, 3.63) is 138 Å². The third-order valence-corrected chi connectivity index (χ3v) is 7.61. The van der Waals surface area contributed by atoms with Crippen molar-refractivity contribution in [2.75, 3.05) is 0 Å². The Morgan fingerprint density at radius 1 is 0.261 bits per heavy atom. The summed E-state index contributed by atoms with van der Waals surface area (Å²) in [5.41, 5.74) is 10.4. The molecule has 0 aliphatic heterocycles.